The zero-order valence-corrected chi connectivity index (χ0v) is 10.6. The average molecular weight is 242 g/mol. The van der Waals surface area contributed by atoms with Crippen molar-refractivity contribution in [1.29, 1.82) is 5.26 Å². The van der Waals surface area contributed by atoms with Crippen molar-refractivity contribution >= 4 is 12.1 Å². The van der Waals surface area contributed by atoms with E-state index in [-0.39, 0.29) is 13.0 Å². The number of esters is 1. The minimum atomic E-state index is -0.991. The van der Waals surface area contributed by atoms with E-state index in [1.807, 2.05) is 0 Å². The fraction of sp³-hybridized carbons (Fsp3) is 0.727. The van der Waals surface area contributed by atoms with Gasteiger partial charge in [0.2, 0.25) is 0 Å². The molecule has 0 aromatic rings. The molecule has 0 bridgehead atoms. The van der Waals surface area contributed by atoms with Crippen LogP contribution in [0.2, 0.25) is 0 Å². The van der Waals surface area contributed by atoms with Gasteiger partial charge in [-0.1, -0.05) is 0 Å². The van der Waals surface area contributed by atoms with E-state index in [0.29, 0.717) is 0 Å². The zero-order valence-electron chi connectivity index (χ0n) is 10.6. The number of carbonyl (C=O) groups is 2. The van der Waals surface area contributed by atoms with Crippen molar-refractivity contribution in [3.05, 3.63) is 0 Å². The predicted octanol–water partition coefficient (Wildman–Crippen LogP) is 1.36. The quantitative estimate of drug-likeness (QED) is 0.752. The van der Waals surface area contributed by atoms with Crippen LogP contribution in [0.4, 0.5) is 4.79 Å². The van der Waals surface area contributed by atoms with Crippen LogP contribution in [0.5, 0.6) is 0 Å². The average Bonchev–Trinajstić information content (AvgIpc) is 2.14. The Kier molecular flexibility index (Phi) is 6.03. The van der Waals surface area contributed by atoms with Gasteiger partial charge in [-0.05, 0) is 27.7 Å². The molecule has 0 rings (SSSR count). The van der Waals surface area contributed by atoms with Crippen LogP contribution in [0.3, 0.4) is 0 Å². The van der Waals surface area contributed by atoms with Crippen molar-refractivity contribution < 1.29 is 19.1 Å². The SMILES string of the molecule is CCOC(=O)[C@H](CC#N)NC(=O)OC(C)(C)C. The molecule has 0 heterocycles. The van der Waals surface area contributed by atoms with E-state index < -0.39 is 23.7 Å². The molecule has 96 valence electrons. The lowest BCUT2D eigenvalue weighted by Crippen LogP contribution is -2.44. The van der Waals surface area contributed by atoms with Crippen molar-refractivity contribution in [1.82, 2.24) is 5.32 Å². The molecular weight excluding hydrogens is 224 g/mol. The molecule has 17 heavy (non-hydrogen) atoms. The Labute approximate surface area is 101 Å². The van der Waals surface area contributed by atoms with Gasteiger partial charge in [-0.2, -0.15) is 5.26 Å². The molecule has 1 N–H and O–H groups in total. The van der Waals surface area contributed by atoms with Gasteiger partial charge in [0.25, 0.3) is 0 Å². The molecule has 0 aromatic carbocycles. The van der Waals surface area contributed by atoms with Gasteiger partial charge in [0.1, 0.15) is 11.6 Å². The third-order valence-corrected chi connectivity index (χ3v) is 1.56. The second-order valence-corrected chi connectivity index (χ2v) is 4.31. The van der Waals surface area contributed by atoms with Gasteiger partial charge in [-0.3, -0.25) is 0 Å². The number of nitrogens with zero attached hydrogens (tertiary/aromatic N) is 1. The number of carbonyl (C=O) groups excluding carboxylic acids is 2. The molecule has 0 aromatic heterocycles. The largest absolute Gasteiger partial charge is 0.464 e. The summed E-state index contributed by atoms with van der Waals surface area (Å²) in [4.78, 5) is 22.8. The van der Waals surface area contributed by atoms with E-state index in [4.69, 9.17) is 14.7 Å². The van der Waals surface area contributed by atoms with Crippen LogP contribution < -0.4 is 5.32 Å². The van der Waals surface area contributed by atoms with Crippen LogP contribution in [0.25, 0.3) is 0 Å². The van der Waals surface area contributed by atoms with E-state index in [2.05, 4.69) is 5.32 Å². The molecule has 0 saturated heterocycles. The highest BCUT2D eigenvalue weighted by Gasteiger charge is 2.24. The van der Waals surface area contributed by atoms with E-state index in [1.54, 1.807) is 33.8 Å². The van der Waals surface area contributed by atoms with Crippen molar-refractivity contribution in [3.8, 4) is 6.07 Å². The van der Waals surface area contributed by atoms with Crippen molar-refractivity contribution in [2.45, 2.75) is 45.8 Å². The minimum absolute atomic E-state index is 0.155. The monoisotopic (exact) mass is 242 g/mol. The molecule has 6 heteroatoms. The van der Waals surface area contributed by atoms with Gasteiger partial charge in [0.15, 0.2) is 0 Å². The van der Waals surface area contributed by atoms with E-state index >= 15 is 0 Å². The Balaban J connectivity index is 4.40. The normalized spacial score (nSPS) is 12.2. The highest BCUT2D eigenvalue weighted by Crippen LogP contribution is 2.07. The van der Waals surface area contributed by atoms with Crippen LogP contribution in [0.1, 0.15) is 34.1 Å². The van der Waals surface area contributed by atoms with Crippen LogP contribution in [-0.2, 0) is 14.3 Å². The Morgan fingerprint density at radius 3 is 2.41 bits per heavy atom. The smallest absolute Gasteiger partial charge is 0.408 e. The van der Waals surface area contributed by atoms with Gasteiger partial charge in [-0.25, -0.2) is 9.59 Å². The molecule has 0 aliphatic rings. The maximum absolute atomic E-state index is 11.4. The lowest BCUT2D eigenvalue weighted by Gasteiger charge is -2.21. The number of rotatable bonds is 4. The first-order valence-corrected chi connectivity index (χ1v) is 5.33. The highest BCUT2D eigenvalue weighted by atomic mass is 16.6. The summed E-state index contributed by atoms with van der Waals surface area (Å²) in [6.07, 6.45) is -0.899. The van der Waals surface area contributed by atoms with Gasteiger partial charge < -0.3 is 14.8 Å². The Morgan fingerprint density at radius 1 is 1.41 bits per heavy atom. The number of alkyl carbamates (subject to hydrolysis) is 1. The van der Waals surface area contributed by atoms with Crippen LogP contribution >= 0.6 is 0 Å². The summed E-state index contributed by atoms with van der Waals surface area (Å²) in [5, 5.41) is 10.9. The molecule has 0 aliphatic heterocycles. The van der Waals surface area contributed by atoms with Crippen molar-refractivity contribution in [3.63, 3.8) is 0 Å². The van der Waals surface area contributed by atoms with E-state index in [1.165, 1.54) is 0 Å². The summed E-state index contributed by atoms with van der Waals surface area (Å²) >= 11 is 0. The Bertz CT molecular complexity index is 314. The van der Waals surface area contributed by atoms with Crippen LogP contribution in [0, 0.1) is 11.3 Å². The third kappa shape index (κ3) is 7.17. The topological polar surface area (TPSA) is 88.4 Å². The Morgan fingerprint density at radius 2 is 2.00 bits per heavy atom. The first kappa shape index (κ1) is 15.2. The summed E-state index contributed by atoms with van der Waals surface area (Å²) in [6, 6.07) is 0.813. The highest BCUT2D eigenvalue weighted by molar-refractivity contribution is 5.81. The van der Waals surface area contributed by atoms with Crippen molar-refractivity contribution in [2.24, 2.45) is 0 Å². The lowest BCUT2D eigenvalue weighted by molar-refractivity contribution is -0.145. The number of nitriles is 1. The van der Waals surface area contributed by atoms with Crippen LogP contribution in [0.15, 0.2) is 0 Å². The summed E-state index contributed by atoms with van der Waals surface area (Å²) in [5.74, 6) is -0.639. The first-order valence-electron chi connectivity index (χ1n) is 5.33. The number of hydrogen-bond donors (Lipinski definition) is 1. The maximum atomic E-state index is 11.4. The molecule has 0 spiro atoms. The number of ether oxygens (including phenoxy) is 2. The second kappa shape index (κ2) is 6.74. The van der Waals surface area contributed by atoms with Gasteiger partial charge in [-0.15, -0.1) is 0 Å². The van der Waals surface area contributed by atoms with Crippen molar-refractivity contribution in [2.75, 3.05) is 6.61 Å². The van der Waals surface area contributed by atoms with Gasteiger partial charge >= 0.3 is 12.1 Å². The van der Waals surface area contributed by atoms with E-state index in [9.17, 15) is 9.59 Å². The Hall–Kier alpha value is -1.77. The predicted molar refractivity (Wildman–Crippen MR) is 60.0 cm³/mol. The summed E-state index contributed by atoms with van der Waals surface area (Å²) in [6.45, 7) is 6.95. The summed E-state index contributed by atoms with van der Waals surface area (Å²) in [7, 11) is 0. The number of nitrogens with one attached hydrogen (secondary N) is 1. The molecule has 0 fully saturated rings. The fourth-order valence-corrected chi connectivity index (χ4v) is 0.977. The standard InChI is InChI=1S/C11H18N2O4/c1-5-16-9(14)8(6-7-12)13-10(15)17-11(2,3)4/h8H,5-6H2,1-4H3,(H,13,15)/t8-/m0/s1. The third-order valence-electron chi connectivity index (χ3n) is 1.56. The fourth-order valence-electron chi connectivity index (χ4n) is 0.977. The number of amides is 1. The molecule has 0 radical (unpaired) electrons. The number of hydrogen-bond acceptors (Lipinski definition) is 5. The molecule has 0 aliphatic carbocycles. The lowest BCUT2D eigenvalue weighted by atomic mass is 10.2. The minimum Gasteiger partial charge on any atom is -0.464 e. The molecule has 0 saturated carbocycles. The first-order chi connectivity index (χ1) is 7.80. The molecular formula is C11H18N2O4. The molecule has 6 nitrogen and oxygen atoms in total. The van der Waals surface area contributed by atoms with Gasteiger partial charge in [0.05, 0.1) is 19.1 Å². The van der Waals surface area contributed by atoms with Gasteiger partial charge in [0, 0.05) is 0 Å². The molecule has 1 atom stereocenters. The summed E-state index contributed by atoms with van der Waals surface area (Å²) < 4.78 is 9.70. The second-order valence-electron chi connectivity index (χ2n) is 4.31. The van der Waals surface area contributed by atoms with E-state index in [0.717, 1.165) is 0 Å². The molecule has 1 amide bonds. The summed E-state index contributed by atoms with van der Waals surface area (Å²) in [5.41, 5.74) is -0.657. The maximum Gasteiger partial charge on any atom is 0.408 e. The van der Waals surface area contributed by atoms with Crippen LogP contribution in [-0.4, -0.2) is 30.3 Å². The zero-order chi connectivity index (χ0) is 13.5. The molecule has 0 unspecified atom stereocenters.